The molecule has 3 N–H and O–H groups in total. The first-order chi connectivity index (χ1) is 14.9. The number of sulfonamides is 1. The van der Waals surface area contributed by atoms with Gasteiger partial charge in [0.05, 0.1) is 0 Å². The number of imide groups is 1. The molecule has 1 saturated carbocycles. The lowest BCUT2D eigenvalue weighted by Gasteiger charge is -2.28. The lowest BCUT2D eigenvalue weighted by molar-refractivity contribution is -0.125. The van der Waals surface area contributed by atoms with Crippen molar-refractivity contribution in [1.82, 2.24) is 20.3 Å². The number of hydrogen-bond acceptors (Lipinski definition) is 6. The third kappa shape index (κ3) is 3.37. The van der Waals surface area contributed by atoms with Crippen LogP contribution in [0.2, 0.25) is 0 Å². The van der Waals surface area contributed by atoms with Gasteiger partial charge in [0.25, 0.3) is 15.9 Å². The number of pyridine rings is 1. The van der Waals surface area contributed by atoms with Crippen LogP contribution in [0.5, 0.6) is 0 Å². The third-order valence-electron chi connectivity index (χ3n) is 6.03. The Balaban J connectivity index is 1.32. The fourth-order valence-electron chi connectivity index (χ4n) is 4.42. The summed E-state index contributed by atoms with van der Waals surface area (Å²) >= 11 is 0. The first-order valence-electron chi connectivity index (χ1n) is 9.96. The molecule has 1 aliphatic heterocycles. The Kier molecular flexibility index (Phi) is 4.56. The average molecular weight is 440 g/mol. The molecule has 3 heterocycles. The number of nitrogens with one attached hydrogen (secondary N) is 3. The number of nitrogens with zero attached hydrogens (tertiary/aromatic N) is 1. The van der Waals surface area contributed by atoms with Crippen LogP contribution in [0.25, 0.3) is 22.3 Å². The molecule has 3 amide bonds. The quantitative estimate of drug-likeness (QED) is 0.521. The summed E-state index contributed by atoms with van der Waals surface area (Å²) in [5.41, 5.74) is 0.359. The minimum atomic E-state index is -3.88. The van der Waals surface area contributed by atoms with Crippen LogP contribution in [0, 0.1) is 5.92 Å². The lowest BCUT2D eigenvalue weighted by Crippen LogP contribution is -2.53. The first kappa shape index (κ1) is 19.7. The number of benzene rings is 1. The molecule has 0 bridgehead atoms. The number of amides is 3. The molecule has 2 atom stereocenters. The molecule has 9 nitrogen and oxygen atoms in total. The van der Waals surface area contributed by atoms with Crippen LogP contribution >= 0.6 is 0 Å². The number of urea groups is 1. The minimum absolute atomic E-state index is 0.0308. The molecule has 1 saturated heterocycles. The van der Waals surface area contributed by atoms with Crippen LogP contribution in [0.3, 0.4) is 0 Å². The minimum Gasteiger partial charge on any atom is -0.456 e. The number of furan rings is 1. The summed E-state index contributed by atoms with van der Waals surface area (Å²) in [6.07, 6.45) is 3.30. The van der Waals surface area contributed by atoms with Crippen molar-refractivity contribution < 1.29 is 22.4 Å². The van der Waals surface area contributed by atoms with E-state index in [1.807, 2.05) is 30.3 Å². The zero-order chi connectivity index (χ0) is 21.6. The van der Waals surface area contributed by atoms with E-state index in [1.165, 1.54) is 12.3 Å². The highest BCUT2D eigenvalue weighted by atomic mass is 32.2. The number of carbonyl (C=O) groups is 2. The molecule has 1 spiro atoms. The van der Waals surface area contributed by atoms with Crippen molar-refractivity contribution in [1.29, 1.82) is 0 Å². The Hall–Kier alpha value is -3.24. The van der Waals surface area contributed by atoms with E-state index >= 15 is 0 Å². The zero-order valence-electron chi connectivity index (χ0n) is 16.4. The van der Waals surface area contributed by atoms with Crippen LogP contribution in [-0.4, -0.2) is 37.4 Å². The standard InChI is InChI=1S/C21H20N4O5S/c26-19-21(25-20(27)24-19)9-3-5-15(21)12-23-31(28,29)18-8-7-14(11-22-18)17-10-13-4-1-2-6-16(13)30-17/h1-2,4,6-8,10-11,15,23H,3,5,9,12H2,(H2,24,25,26,27). The van der Waals surface area contributed by atoms with Gasteiger partial charge in [-0.15, -0.1) is 0 Å². The summed E-state index contributed by atoms with van der Waals surface area (Å²) in [6, 6.07) is 12.0. The number of para-hydroxylation sites is 1. The van der Waals surface area contributed by atoms with Gasteiger partial charge in [-0.05, 0) is 37.1 Å². The zero-order valence-corrected chi connectivity index (χ0v) is 17.2. The Morgan fingerprint density at radius 1 is 1.19 bits per heavy atom. The fourth-order valence-corrected chi connectivity index (χ4v) is 5.42. The molecular formula is C21H20N4O5S. The maximum absolute atomic E-state index is 12.7. The van der Waals surface area contributed by atoms with Crippen molar-refractivity contribution in [2.45, 2.75) is 29.8 Å². The van der Waals surface area contributed by atoms with Gasteiger partial charge in [0.15, 0.2) is 5.03 Å². The summed E-state index contributed by atoms with van der Waals surface area (Å²) in [6.45, 7) is 0.0308. The van der Waals surface area contributed by atoms with Gasteiger partial charge < -0.3 is 9.73 Å². The van der Waals surface area contributed by atoms with E-state index in [0.717, 1.165) is 17.4 Å². The van der Waals surface area contributed by atoms with Gasteiger partial charge in [-0.2, -0.15) is 0 Å². The normalized spacial score (nSPS) is 23.4. The molecule has 160 valence electrons. The first-order valence-corrected chi connectivity index (χ1v) is 11.4. The second-order valence-corrected chi connectivity index (χ2v) is 9.57. The van der Waals surface area contributed by atoms with E-state index in [2.05, 4.69) is 20.3 Å². The molecule has 10 heteroatoms. The molecule has 3 aromatic rings. The Morgan fingerprint density at radius 3 is 2.74 bits per heavy atom. The van der Waals surface area contributed by atoms with Gasteiger partial charge >= 0.3 is 6.03 Å². The van der Waals surface area contributed by atoms with Crippen molar-refractivity contribution in [3.05, 3.63) is 48.7 Å². The van der Waals surface area contributed by atoms with E-state index in [0.29, 0.717) is 24.2 Å². The van der Waals surface area contributed by atoms with Crippen molar-refractivity contribution in [3.63, 3.8) is 0 Å². The predicted octanol–water partition coefficient (Wildman–Crippen LogP) is 2.15. The lowest BCUT2D eigenvalue weighted by atomic mass is 9.87. The van der Waals surface area contributed by atoms with Crippen LogP contribution in [0.1, 0.15) is 19.3 Å². The van der Waals surface area contributed by atoms with Gasteiger partial charge in [0.2, 0.25) is 0 Å². The Labute approximate surface area is 178 Å². The highest BCUT2D eigenvalue weighted by molar-refractivity contribution is 7.89. The van der Waals surface area contributed by atoms with Crippen LogP contribution in [0.4, 0.5) is 4.79 Å². The molecule has 2 aromatic heterocycles. The van der Waals surface area contributed by atoms with Crippen LogP contribution in [-0.2, 0) is 14.8 Å². The van der Waals surface area contributed by atoms with Crippen molar-refractivity contribution in [2.75, 3.05) is 6.54 Å². The number of rotatable bonds is 5. The largest absolute Gasteiger partial charge is 0.456 e. The maximum Gasteiger partial charge on any atom is 0.322 e. The summed E-state index contributed by atoms with van der Waals surface area (Å²) < 4.78 is 33.8. The average Bonchev–Trinajstić information content (AvgIpc) is 3.44. The molecule has 1 aliphatic carbocycles. The van der Waals surface area contributed by atoms with E-state index in [-0.39, 0.29) is 17.5 Å². The van der Waals surface area contributed by atoms with E-state index < -0.39 is 27.5 Å². The predicted molar refractivity (Wildman–Crippen MR) is 111 cm³/mol. The SMILES string of the molecule is O=C1NC(=O)C2(CCCC2CNS(=O)(=O)c2ccc(-c3cc4ccccc4o3)cn2)N1. The smallest absolute Gasteiger partial charge is 0.322 e. The molecule has 1 aromatic carbocycles. The highest BCUT2D eigenvalue weighted by Gasteiger charge is 2.54. The van der Waals surface area contributed by atoms with E-state index in [1.54, 1.807) is 6.07 Å². The second kappa shape index (κ2) is 7.17. The van der Waals surface area contributed by atoms with E-state index in [9.17, 15) is 18.0 Å². The van der Waals surface area contributed by atoms with Gasteiger partial charge in [-0.1, -0.05) is 24.6 Å². The van der Waals surface area contributed by atoms with Gasteiger partial charge in [-0.25, -0.2) is 22.9 Å². The van der Waals surface area contributed by atoms with E-state index in [4.69, 9.17) is 4.42 Å². The van der Waals surface area contributed by atoms with Crippen LogP contribution < -0.4 is 15.4 Å². The molecule has 5 rings (SSSR count). The number of fused-ring (bicyclic) bond motifs is 1. The summed E-state index contributed by atoms with van der Waals surface area (Å²) in [4.78, 5) is 27.9. The van der Waals surface area contributed by atoms with Gasteiger partial charge in [0.1, 0.15) is 16.9 Å². The molecule has 0 radical (unpaired) electrons. The van der Waals surface area contributed by atoms with Crippen molar-refractivity contribution in [3.8, 4) is 11.3 Å². The Morgan fingerprint density at radius 2 is 2.03 bits per heavy atom. The molecule has 2 fully saturated rings. The topological polar surface area (TPSA) is 130 Å². The van der Waals surface area contributed by atoms with Gasteiger partial charge in [0, 0.05) is 29.6 Å². The monoisotopic (exact) mass is 440 g/mol. The second-order valence-electron chi connectivity index (χ2n) is 7.85. The Bertz CT molecular complexity index is 1250. The number of aromatic nitrogens is 1. The maximum atomic E-state index is 12.7. The summed E-state index contributed by atoms with van der Waals surface area (Å²) in [5.74, 6) is -0.127. The van der Waals surface area contributed by atoms with Crippen molar-refractivity contribution in [2.24, 2.45) is 5.92 Å². The highest BCUT2D eigenvalue weighted by Crippen LogP contribution is 2.37. The number of hydrogen-bond donors (Lipinski definition) is 3. The van der Waals surface area contributed by atoms with Gasteiger partial charge in [-0.3, -0.25) is 10.1 Å². The molecule has 31 heavy (non-hydrogen) atoms. The third-order valence-corrected chi connectivity index (χ3v) is 7.37. The van der Waals surface area contributed by atoms with Crippen molar-refractivity contribution >= 4 is 32.9 Å². The fraction of sp³-hybridized carbons (Fsp3) is 0.286. The van der Waals surface area contributed by atoms with Crippen LogP contribution in [0.15, 0.2) is 58.1 Å². The number of carbonyl (C=O) groups excluding carboxylic acids is 2. The molecule has 2 aliphatic rings. The summed E-state index contributed by atoms with van der Waals surface area (Å²) in [7, 11) is -3.88. The summed E-state index contributed by atoms with van der Waals surface area (Å²) in [5, 5.41) is 5.76. The molecule has 2 unspecified atom stereocenters. The molecular weight excluding hydrogens is 420 g/mol.